The van der Waals surface area contributed by atoms with Crippen molar-refractivity contribution in [2.45, 2.75) is 38.1 Å². The lowest BCUT2D eigenvalue weighted by Gasteiger charge is -2.22. The van der Waals surface area contributed by atoms with Gasteiger partial charge in [-0.1, -0.05) is 25.1 Å². The second-order valence-electron chi connectivity index (χ2n) is 5.64. The molecule has 0 saturated carbocycles. The van der Waals surface area contributed by atoms with Crippen LogP contribution in [0.5, 0.6) is 0 Å². The van der Waals surface area contributed by atoms with E-state index in [1.807, 2.05) is 0 Å². The molecule has 1 saturated heterocycles. The molecule has 0 radical (unpaired) electrons. The zero-order valence-electron chi connectivity index (χ0n) is 12.6. The summed E-state index contributed by atoms with van der Waals surface area (Å²) in [6, 6.07) is 5.76. The van der Waals surface area contributed by atoms with Gasteiger partial charge in [-0.3, -0.25) is 4.79 Å². The Bertz CT molecular complexity index is 550. The average Bonchev–Trinajstić information content (AvgIpc) is 2.94. The highest BCUT2D eigenvalue weighted by molar-refractivity contribution is 5.73. The predicted octanol–water partition coefficient (Wildman–Crippen LogP) is 2.41. The molecule has 0 aromatic heterocycles. The third-order valence-corrected chi connectivity index (χ3v) is 4.01. The highest BCUT2D eigenvalue weighted by atomic mass is 19.1. The first kappa shape index (κ1) is 16.3. The van der Waals surface area contributed by atoms with Crippen molar-refractivity contribution in [2.75, 3.05) is 13.2 Å². The lowest BCUT2D eigenvalue weighted by atomic mass is 9.97. The van der Waals surface area contributed by atoms with Gasteiger partial charge >= 0.3 is 12.0 Å². The molecule has 2 rings (SSSR count). The quantitative estimate of drug-likeness (QED) is 0.849. The Balaban J connectivity index is 1.83. The Morgan fingerprint density at radius 3 is 2.86 bits per heavy atom. The summed E-state index contributed by atoms with van der Waals surface area (Å²) in [5.74, 6) is -0.977. The SMILES string of the molecule is CC(CC(=O)OCC1CCCN1C(N)=O)c1ccccc1F. The second kappa shape index (κ2) is 7.24. The number of carbonyl (C=O) groups excluding carboxylic acids is 2. The van der Waals surface area contributed by atoms with Crippen LogP contribution >= 0.6 is 0 Å². The number of carbonyl (C=O) groups is 2. The molecule has 2 atom stereocenters. The Hall–Kier alpha value is -2.11. The van der Waals surface area contributed by atoms with Gasteiger partial charge < -0.3 is 15.4 Å². The van der Waals surface area contributed by atoms with Gasteiger partial charge in [0, 0.05) is 6.54 Å². The van der Waals surface area contributed by atoms with Crippen molar-refractivity contribution in [3.05, 3.63) is 35.6 Å². The van der Waals surface area contributed by atoms with Crippen LogP contribution in [0.4, 0.5) is 9.18 Å². The van der Waals surface area contributed by atoms with Crippen molar-refractivity contribution in [3.8, 4) is 0 Å². The minimum absolute atomic E-state index is 0.101. The van der Waals surface area contributed by atoms with Crippen molar-refractivity contribution in [1.29, 1.82) is 0 Å². The fourth-order valence-electron chi connectivity index (χ4n) is 2.78. The largest absolute Gasteiger partial charge is 0.463 e. The molecule has 0 spiro atoms. The van der Waals surface area contributed by atoms with E-state index in [4.69, 9.17) is 10.5 Å². The van der Waals surface area contributed by atoms with Crippen LogP contribution in [-0.2, 0) is 9.53 Å². The molecule has 2 unspecified atom stereocenters. The number of halogens is 1. The van der Waals surface area contributed by atoms with E-state index in [9.17, 15) is 14.0 Å². The molecule has 0 aliphatic carbocycles. The van der Waals surface area contributed by atoms with E-state index in [1.54, 1.807) is 25.1 Å². The Morgan fingerprint density at radius 1 is 1.45 bits per heavy atom. The van der Waals surface area contributed by atoms with Crippen molar-refractivity contribution in [2.24, 2.45) is 5.73 Å². The lowest BCUT2D eigenvalue weighted by molar-refractivity contribution is -0.145. The number of rotatable bonds is 5. The molecule has 2 amide bonds. The summed E-state index contributed by atoms with van der Waals surface area (Å²) in [4.78, 5) is 24.6. The fraction of sp³-hybridized carbons (Fsp3) is 0.500. The number of amides is 2. The highest BCUT2D eigenvalue weighted by Crippen LogP contribution is 2.23. The lowest BCUT2D eigenvalue weighted by Crippen LogP contribution is -2.42. The monoisotopic (exact) mass is 308 g/mol. The molecular weight excluding hydrogens is 287 g/mol. The van der Waals surface area contributed by atoms with Crippen LogP contribution in [0.3, 0.4) is 0 Å². The third-order valence-electron chi connectivity index (χ3n) is 4.01. The van der Waals surface area contributed by atoms with E-state index in [1.165, 1.54) is 11.0 Å². The molecule has 1 heterocycles. The molecule has 120 valence electrons. The average molecular weight is 308 g/mol. The van der Waals surface area contributed by atoms with E-state index >= 15 is 0 Å². The number of nitrogens with two attached hydrogens (primary N) is 1. The molecule has 1 aliphatic heterocycles. The number of ether oxygens (including phenoxy) is 1. The smallest absolute Gasteiger partial charge is 0.315 e. The summed E-state index contributed by atoms with van der Waals surface area (Å²) in [5, 5.41) is 0. The van der Waals surface area contributed by atoms with E-state index in [2.05, 4.69) is 0 Å². The predicted molar refractivity (Wildman–Crippen MR) is 79.7 cm³/mol. The van der Waals surface area contributed by atoms with Crippen LogP contribution in [0.2, 0.25) is 0 Å². The Morgan fingerprint density at radius 2 is 2.18 bits per heavy atom. The molecule has 1 aromatic carbocycles. The Labute approximate surface area is 129 Å². The van der Waals surface area contributed by atoms with Crippen molar-refractivity contribution in [3.63, 3.8) is 0 Å². The summed E-state index contributed by atoms with van der Waals surface area (Å²) in [6.45, 7) is 2.53. The zero-order chi connectivity index (χ0) is 16.1. The van der Waals surface area contributed by atoms with Crippen LogP contribution in [0, 0.1) is 5.82 Å². The highest BCUT2D eigenvalue weighted by Gasteiger charge is 2.28. The van der Waals surface area contributed by atoms with Crippen LogP contribution in [0.15, 0.2) is 24.3 Å². The number of urea groups is 1. The molecular formula is C16H21FN2O3. The normalized spacial score (nSPS) is 19.0. The maximum absolute atomic E-state index is 13.7. The number of esters is 1. The topological polar surface area (TPSA) is 72.6 Å². The van der Waals surface area contributed by atoms with Crippen molar-refractivity contribution in [1.82, 2.24) is 4.90 Å². The first-order valence-corrected chi connectivity index (χ1v) is 7.45. The molecule has 2 N–H and O–H groups in total. The minimum atomic E-state index is -0.488. The van der Waals surface area contributed by atoms with E-state index in [0.717, 1.165) is 12.8 Å². The maximum atomic E-state index is 13.7. The van der Waals surface area contributed by atoms with E-state index in [0.29, 0.717) is 12.1 Å². The summed E-state index contributed by atoms with van der Waals surface area (Å²) in [5.41, 5.74) is 5.77. The van der Waals surface area contributed by atoms with Gasteiger partial charge in [0.25, 0.3) is 0 Å². The molecule has 5 nitrogen and oxygen atoms in total. The summed E-state index contributed by atoms with van der Waals surface area (Å²) in [7, 11) is 0. The van der Waals surface area contributed by atoms with Gasteiger partial charge in [-0.15, -0.1) is 0 Å². The van der Waals surface area contributed by atoms with E-state index < -0.39 is 12.0 Å². The van der Waals surface area contributed by atoms with Crippen LogP contribution in [-0.4, -0.2) is 36.1 Å². The van der Waals surface area contributed by atoms with Gasteiger partial charge in [-0.25, -0.2) is 9.18 Å². The zero-order valence-corrected chi connectivity index (χ0v) is 12.6. The molecule has 22 heavy (non-hydrogen) atoms. The van der Waals surface area contributed by atoms with Gasteiger partial charge in [0.15, 0.2) is 0 Å². The first-order valence-electron chi connectivity index (χ1n) is 7.45. The number of primary amides is 1. The summed E-state index contributed by atoms with van der Waals surface area (Å²) >= 11 is 0. The number of hydrogen-bond donors (Lipinski definition) is 1. The Kier molecular flexibility index (Phi) is 5.35. The summed E-state index contributed by atoms with van der Waals surface area (Å²) < 4.78 is 18.9. The number of hydrogen-bond acceptors (Lipinski definition) is 3. The molecule has 1 aromatic rings. The minimum Gasteiger partial charge on any atom is -0.463 e. The number of benzene rings is 1. The van der Waals surface area contributed by atoms with Crippen LogP contribution in [0.25, 0.3) is 0 Å². The van der Waals surface area contributed by atoms with E-state index in [-0.39, 0.29) is 30.8 Å². The van der Waals surface area contributed by atoms with Gasteiger partial charge in [-0.05, 0) is 30.4 Å². The van der Waals surface area contributed by atoms with Crippen LogP contribution in [0.1, 0.15) is 37.7 Å². The molecule has 6 heteroatoms. The van der Waals surface area contributed by atoms with Gasteiger partial charge in [0.1, 0.15) is 12.4 Å². The fourth-order valence-corrected chi connectivity index (χ4v) is 2.78. The molecule has 0 bridgehead atoms. The van der Waals surface area contributed by atoms with Crippen molar-refractivity contribution >= 4 is 12.0 Å². The molecule has 1 aliphatic rings. The van der Waals surface area contributed by atoms with Gasteiger partial charge in [-0.2, -0.15) is 0 Å². The first-order chi connectivity index (χ1) is 10.5. The number of nitrogens with zero attached hydrogens (tertiary/aromatic N) is 1. The second-order valence-corrected chi connectivity index (χ2v) is 5.64. The van der Waals surface area contributed by atoms with Crippen molar-refractivity contribution < 1.29 is 18.7 Å². The third kappa shape index (κ3) is 3.96. The van der Waals surface area contributed by atoms with Gasteiger partial charge in [0.2, 0.25) is 0 Å². The maximum Gasteiger partial charge on any atom is 0.315 e. The summed E-state index contributed by atoms with van der Waals surface area (Å²) in [6.07, 6.45) is 1.74. The molecule has 1 fully saturated rings. The standard InChI is InChI=1S/C16H21FN2O3/c1-11(13-6-2-3-7-14(13)17)9-15(20)22-10-12-5-4-8-19(12)16(18)21/h2-3,6-7,11-12H,4-5,8-10H2,1H3,(H2,18,21). The van der Waals surface area contributed by atoms with Crippen LogP contribution < -0.4 is 5.73 Å². The van der Waals surface area contributed by atoms with Gasteiger partial charge in [0.05, 0.1) is 12.5 Å². The number of likely N-dealkylation sites (tertiary alicyclic amines) is 1.